The van der Waals surface area contributed by atoms with Crippen molar-refractivity contribution >= 4 is 5.57 Å². The molecule has 0 saturated heterocycles. The maximum absolute atomic E-state index is 13.2. The molecular weight excluding hydrogens is 436 g/mol. The van der Waals surface area contributed by atoms with E-state index < -0.39 is 17.7 Å². The molecule has 0 bridgehead atoms. The highest BCUT2D eigenvalue weighted by Gasteiger charge is 2.32. The van der Waals surface area contributed by atoms with Crippen LogP contribution in [0.2, 0.25) is 0 Å². The number of nitrogens with zero attached hydrogens (tertiary/aromatic N) is 4. The van der Waals surface area contributed by atoms with Gasteiger partial charge in [-0.3, -0.25) is 20.1 Å². The van der Waals surface area contributed by atoms with Crippen molar-refractivity contribution in [2.24, 2.45) is 0 Å². The number of rotatable bonds is 3. The first-order valence-corrected chi connectivity index (χ1v) is 11.4. The van der Waals surface area contributed by atoms with Crippen LogP contribution >= 0.6 is 0 Å². The van der Waals surface area contributed by atoms with Gasteiger partial charge in [0, 0.05) is 43.0 Å². The summed E-state index contributed by atoms with van der Waals surface area (Å²) >= 11 is 0. The summed E-state index contributed by atoms with van der Waals surface area (Å²) in [7, 11) is 0. The standard InChI is InChI=1S/C26H27F2N5O/c1-14-5-6-20(15(2)9-14)18-10-19-13-32(8-7-21(19)29-12-18)26-17(4)16(3)25-30-22(24(27)28)11-23(34)33(25)31-26/h5-6,9-12,24,26,31H,7-8,13H2,1-4H3. The Hall–Kier alpha value is -3.39. The lowest BCUT2D eigenvalue weighted by Crippen LogP contribution is -2.52. The highest BCUT2D eigenvalue weighted by molar-refractivity contribution is 5.68. The van der Waals surface area contributed by atoms with E-state index >= 15 is 0 Å². The molecule has 4 heterocycles. The molecule has 3 aromatic rings. The first kappa shape index (κ1) is 22.4. The van der Waals surface area contributed by atoms with Crippen LogP contribution in [-0.4, -0.2) is 32.3 Å². The van der Waals surface area contributed by atoms with E-state index in [1.807, 2.05) is 20.0 Å². The topological polar surface area (TPSA) is 63.1 Å². The van der Waals surface area contributed by atoms with Gasteiger partial charge in [-0.2, -0.15) is 0 Å². The van der Waals surface area contributed by atoms with E-state index in [2.05, 4.69) is 53.4 Å². The van der Waals surface area contributed by atoms with Crippen molar-refractivity contribution < 1.29 is 8.78 Å². The summed E-state index contributed by atoms with van der Waals surface area (Å²) in [5.41, 5.74) is 10.8. The molecule has 6 nitrogen and oxygen atoms in total. The van der Waals surface area contributed by atoms with Gasteiger partial charge in [0.25, 0.3) is 12.0 Å². The highest BCUT2D eigenvalue weighted by atomic mass is 19.3. The lowest BCUT2D eigenvalue weighted by Gasteiger charge is -2.40. The predicted octanol–water partition coefficient (Wildman–Crippen LogP) is 4.59. The van der Waals surface area contributed by atoms with Gasteiger partial charge in [0.2, 0.25) is 0 Å². The molecule has 2 aromatic heterocycles. The third kappa shape index (κ3) is 3.81. The molecular formula is C26H27F2N5O. The van der Waals surface area contributed by atoms with Crippen LogP contribution in [0.4, 0.5) is 8.78 Å². The molecule has 0 radical (unpaired) electrons. The van der Waals surface area contributed by atoms with Gasteiger partial charge in [-0.15, -0.1) is 0 Å². The van der Waals surface area contributed by atoms with Crippen LogP contribution in [0.25, 0.3) is 16.7 Å². The summed E-state index contributed by atoms with van der Waals surface area (Å²) in [5.74, 6) is 0.243. The minimum Gasteiger partial charge on any atom is -0.300 e. The Morgan fingerprint density at radius 3 is 2.65 bits per heavy atom. The Morgan fingerprint density at radius 1 is 1.12 bits per heavy atom. The summed E-state index contributed by atoms with van der Waals surface area (Å²) in [5, 5.41) is 0. The zero-order chi connectivity index (χ0) is 24.1. The van der Waals surface area contributed by atoms with Gasteiger partial charge < -0.3 is 0 Å². The van der Waals surface area contributed by atoms with Crippen molar-refractivity contribution in [2.75, 3.05) is 12.0 Å². The molecule has 0 spiro atoms. The predicted molar refractivity (Wildman–Crippen MR) is 128 cm³/mol. The zero-order valence-electron chi connectivity index (χ0n) is 19.7. The number of hydrogen-bond donors (Lipinski definition) is 1. The van der Waals surface area contributed by atoms with Crippen molar-refractivity contribution in [2.45, 2.75) is 53.3 Å². The molecule has 2 aliphatic rings. The smallest absolute Gasteiger partial charge is 0.280 e. The fourth-order valence-electron chi connectivity index (χ4n) is 4.90. The van der Waals surface area contributed by atoms with E-state index in [-0.39, 0.29) is 12.0 Å². The molecule has 1 aromatic carbocycles. The molecule has 5 rings (SSSR count). The van der Waals surface area contributed by atoms with Crippen LogP contribution in [0.5, 0.6) is 0 Å². The second kappa shape index (κ2) is 8.43. The number of halogens is 2. The number of aryl methyl sites for hydroxylation is 2. The van der Waals surface area contributed by atoms with Crippen LogP contribution < -0.4 is 11.0 Å². The third-order valence-electron chi connectivity index (χ3n) is 6.88. The minimum absolute atomic E-state index is 0.243. The van der Waals surface area contributed by atoms with Gasteiger partial charge in [-0.25, -0.2) is 18.4 Å². The first-order valence-electron chi connectivity index (χ1n) is 11.4. The molecule has 34 heavy (non-hydrogen) atoms. The van der Waals surface area contributed by atoms with Crippen molar-refractivity contribution in [1.29, 1.82) is 0 Å². The molecule has 8 heteroatoms. The molecule has 2 aliphatic heterocycles. The number of nitrogens with one attached hydrogen (secondary N) is 1. The molecule has 1 atom stereocenters. The highest BCUT2D eigenvalue weighted by Crippen LogP contribution is 2.31. The second-order valence-electron chi connectivity index (χ2n) is 9.19. The summed E-state index contributed by atoms with van der Waals surface area (Å²) in [6, 6.07) is 9.53. The maximum atomic E-state index is 13.2. The number of alkyl halides is 2. The van der Waals surface area contributed by atoms with Gasteiger partial charge in [-0.05, 0) is 61.6 Å². The van der Waals surface area contributed by atoms with Crippen molar-refractivity contribution in [1.82, 2.24) is 19.5 Å². The van der Waals surface area contributed by atoms with Gasteiger partial charge in [0.1, 0.15) is 11.9 Å². The molecule has 0 amide bonds. The second-order valence-corrected chi connectivity index (χ2v) is 9.19. The minimum atomic E-state index is -2.79. The first-order chi connectivity index (χ1) is 16.2. The average Bonchev–Trinajstić information content (AvgIpc) is 2.80. The zero-order valence-corrected chi connectivity index (χ0v) is 19.7. The van der Waals surface area contributed by atoms with Crippen LogP contribution in [-0.2, 0) is 13.0 Å². The normalized spacial score (nSPS) is 18.0. The molecule has 0 fully saturated rings. The monoisotopic (exact) mass is 463 g/mol. The van der Waals surface area contributed by atoms with Crippen molar-refractivity contribution in [3.63, 3.8) is 0 Å². The van der Waals surface area contributed by atoms with Gasteiger partial charge in [-0.1, -0.05) is 23.8 Å². The summed E-state index contributed by atoms with van der Waals surface area (Å²) in [6.45, 7) is 9.40. The Balaban J connectivity index is 1.47. The largest absolute Gasteiger partial charge is 0.300 e. The molecule has 0 aliphatic carbocycles. The summed E-state index contributed by atoms with van der Waals surface area (Å²) < 4.78 is 27.7. The number of hydrogen-bond acceptors (Lipinski definition) is 5. The molecule has 176 valence electrons. The Labute approximate surface area is 197 Å². The van der Waals surface area contributed by atoms with Crippen LogP contribution in [0, 0.1) is 13.8 Å². The van der Waals surface area contributed by atoms with Crippen molar-refractivity contribution in [3.8, 4) is 11.1 Å². The Kier molecular flexibility index (Phi) is 5.56. The van der Waals surface area contributed by atoms with E-state index in [0.717, 1.165) is 47.0 Å². The Morgan fingerprint density at radius 2 is 1.91 bits per heavy atom. The Bertz CT molecular complexity index is 1380. The lowest BCUT2D eigenvalue weighted by molar-refractivity contribution is 0.145. The quantitative estimate of drug-likeness (QED) is 0.615. The maximum Gasteiger partial charge on any atom is 0.280 e. The number of allylic oxidation sites excluding steroid dienone is 1. The molecule has 1 N–H and O–H groups in total. The summed E-state index contributed by atoms with van der Waals surface area (Å²) in [6.07, 6.45) is -0.302. The number of fused-ring (bicyclic) bond motifs is 2. The SMILES string of the molecule is CC1=C(C)C(N2CCc3ncc(-c4ccc(C)cc4C)cc3C2)Nn2c1nc(C(F)F)cc2=O. The fourth-order valence-corrected chi connectivity index (χ4v) is 4.90. The lowest BCUT2D eigenvalue weighted by atomic mass is 9.95. The average molecular weight is 464 g/mol. The van der Waals surface area contributed by atoms with Crippen LogP contribution in [0.1, 0.15) is 54.2 Å². The van der Waals surface area contributed by atoms with E-state index in [4.69, 9.17) is 4.98 Å². The number of benzene rings is 1. The van der Waals surface area contributed by atoms with E-state index in [0.29, 0.717) is 6.54 Å². The van der Waals surface area contributed by atoms with Crippen molar-refractivity contribution in [3.05, 3.63) is 86.4 Å². The van der Waals surface area contributed by atoms with Gasteiger partial charge in [0.05, 0.1) is 0 Å². The van der Waals surface area contributed by atoms with Crippen LogP contribution in [0.15, 0.2) is 46.9 Å². The van der Waals surface area contributed by atoms with E-state index in [1.54, 1.807) is 0 Å². The summed E-state index contributed by atoms with van der Waals surface area (Å²) in [4.78, 5) is 23.7. The van der Waals surface area contributed by atoms with Gasteiger partial charge >= 0.3 is 0 Å². The number of aromatic nitrogens is 3. The van der Waals surface area contributed by atoms with Gasteiger partial charge in [0.15, 0.2) is 5.82 Å². The third-order valence-corrected chi connectivity index (χ3v) is 6.88. The molecule has 1 unspecified atom stereocenters. The van der Waals surface area contributed by atoms with E-state index in [1.165, 1.54) is 21.4 Å². The van der Waals surface area contributed by atoms with E-state index in [9.17, 15) is 13.6 Å². The van der Waals surface area contributed by atoms with Crippen LogP contribution in [0.3, 0.4) is 0 Å². The number of pyridine rings is 1. The molecule has 0 saturated carbocycles. The fraction of sp³-hybridized carbons (Fsp3) is 0.346.